The topological polar surface area (TPSA) is 71.5 Å². The van der Waals surface area contributed by atoms with Crippen LogP contribution < -0.4 is 5.32 Å². The summed E-state index contributed by atoms with van der Waals surface area (Å²) in [5, 5.41) is 11.9. The quantitative estimate of drug-likeness (QED) is 0.882. The zero-order valence-electron chi connectivity index (χ0n) is 10.1. The van der Waals surface area contributed by atoms with Crippen LogP contribution in [0.2, 0.25) is 0 Å². The number of alkyl carbamates (subject to hydrolysis) is 1. The second-order valence-electron chi connectivity index (χ2n) is 3.64. The van der Waals surface area contributed by atoms with E-state index in [1.54, 1.807) is 0 Å². The first-order valence-electron chi connectivity index (χ1n) is 5.41. The lowest BCUT2D eigenvalue weighted by atomic mass is 10.1. The van der Waals surface area contributed by atoms with Crippen molar-refractivity contribution in [1.29, 1.82) is 0 Å². The lowest BCUT2D eigenvalue weighted by Crippen LogP contribution is -2.20. The molecule has 0 aromatic carbocycles. The number of carbonyl (C=O) groups is 1. The van der Waals surface area contributed by atoms with Gasteiger partial charge in [-0.3, -0.25) is 0 Å². The van der Waals surface area contributed by atoms with Crippen molar-refractivity contribution >= 4 is 6.09 Å². The van der Waals surface area contributed by atoms with E-state index in [9.17, 15) is 23.1 Å². The summed E-state index contributed by atoms with van der Waals surface area (Å²) in [5.74, 6) is 0. The van der Waals surface area contributed by atoms with Gasteiger partial charge in [-0.2, -0.15) is 13.2 Å². The molecule has 0 saturated carbocycles. The van der Waals surface area contributed by atoms with E-state index < -0.39 is 24.1 Å². The third kappa shape index (κ3) is 4.74. The Balaban J connectivity index is 2.62. The Morgan fingerprint density at radius 3 is 2.79 bits per heavy atom. The molecule has 0 fully saturated rings. The number of nitrogens with zero attached hydrogens (tertiary/aromatic N) is 1. The monoisotopic (exact) mass is 278 g/mol. The smallest absolute Gasteiger partial charge is 0.433 e. The number of carbonyl (C=O) groups excluding carboxylic acids is 1. The number of nitrogens with one attached hydrogen (secondary N) is 1. The van der Waals surface area contributed by atoms with E-state index >= 15 is 0 Å². The number of hydrogen-bond acceptors (Lipinski definition) is 4. The molecule has 0 bridgehead atoms. The maximum absolute atomic E-state index is 12.4. The minimum absolute atomic E-state index is 0.0399. The second-order valence-corrected chi connectivity index (χ2v) is 3.64. The van der Waals surface area contributed by atoms with Crippen LogP contribution in [0, 0.1) is 0 Å². The van der Waals surface area contributed by atoms with Gasteiger partial charge in [-0.1, -0.05) is 6.07 Å². The molecule has 0 aliphatic rings. The summed E-state index contributed by atoms with van der Waals surface area (Å²) in [6.45, 7) is -0.126. The predicted molar refractivity (Wildman–Crippen MR) is 59.2 cm³/mol. The Morgan fingerprint density at radius 1 is 1.53 bits per heavy atom. The van der Waals surface area contributed by atoms with Crippen LogP contribution in [0.25, 0.3) is 0 Å². The Kier molecular flexibility index (Phi) is 5.11. The van der Waals surface area contributed by atoms with Crippen molar-refractivity contribution in [3.05, 3.63) is 29.6 Å². The Hall–Kier alpha value is -1.83. The van der Waals surface area contributed by atoms with Gasteiger partial charge < -0.3 is 15.2 Å². The standard InChI is InChI=1S/C11H13F3N2O3/c1-15-10(18)19-6-5-8(17)7-3-2-4-9(16-7)11(12,13)14/h2-4,8,17H,5-6H2,1H3,(H,15,18). The molecule has 1 aromatic rings. The Bertz CT molecular complexity index is 437. The van der Waals surface area contributed by atoms with Gasteiger partial charge in [0.25, 0.3) is 0 Å². The molecule has 0 spiro atoms. The number of ether oxygens (including phenoxy) is 1. The number of hydrogen-bond donors (Lipinski definition) is 2. The summed E-state index contributed by atoms with van der Waals surface area (Å²) < 4.78 is 41.9. The highest BCUT2D eigenvalue weighted by atomic mass is 19.4. The van der Waals surface area contributed by atoms with Gasteiger partial charge in [-0.25, -0.2) is 9.78 Å². The van der Waals surface area contributed by atoms with Crippen LogP contribution in [0.5, 0.6) is 0 Å². The number of halogens is 3. The van der Waals surface area contributed by atoms with E-state index in [0.29, 0.717) is 0 Å². The highest BCUT2D eigenvalue weighted by molar-refractivity contribution is 5.66. The summed E-state index contributed by atoms with van der Waals surface area (Å²) in [5.41, 5.74) is -1.19. The molecule has 19 heavy (non-hydrogen) atoms. The average molecular weight is 278 g/mol. The molecule has 1 atom stereocenters. The van der Waals surface area contributed by atoms with E-state index in [2.05, 4.69) is 15.0 Å². The van der Waals surface area contributed by atoms with Crippen LogP contribution in [-0.4, -0.2) is 29.8 Å². The fourth-order valence-corrected chi connectivity index (χ4v) is 1.28. The maximum Gasteiger partial charge on any atom is 0.433 e. The third-order valence-corrected chi connectivity index (χ3v) is 2.23. The van der Waals surface area contributed by atoms with E-state index in [-0.39, 0.29) is 18.7 Å². The van der Waals surface area contributed by atoms with Gasteiger partial charge in [-0.15, -0.1) is 0 Å². The number of aromatic nitrogens is 1. The molecule has 0 aliphatic carbocycles. The fourth-order valence-electron chi connectivity index (χ4n) is 1.28. The fraction of sp³-hybridized carbons (Fsp3) is 0.455. The molecular formula is C11H13F3N2O3. The normalized spacial score (nSPS) is 12.9. The molecular weight excluding hydrogens is 265 g/mol. The molecule has 1 rings (SSSR count). The number of rotatable bonds is 4. The van der Waals surface area contributed by atoms with E-state index in [1.165, 1.54) is 13.1 Å². The van der Waals surface area contributed by atoms with Crippen molar-refractivity contribution in [1.82, 2.24) is 10.3 Å². The van der Waals surface area contributed by atoms with Gasteiger partial charge >= 0.3 is 12.3 Å². The predicted octanol–water partition coefficient (Wildman–Crippen LogP) is 1.88. The highest BCUT2D eigenvalue weighted by Crippen LogP contribution is 2.28. The van der Waals surface area contributed by atoms with Crippen LogP contribution in [0.3, 0.4) is 0 Å². The van der Waals surface area contributed by atoms with Crippen LogP contribution in [0.1, 0.15) is 23.9 Å². The highest BCUT2D eigenvalue weighted by Gasteiger charge is 2.32. The van der Waals surface area contributed by atoms with E-state index in [0.717, 1.165) is 12.1 Å². The minimum Gasteiger partial charge on any atom is -0.449 e. The Morgan fingerprint density at radius 2 is 2.21 bits per heavy atom. The largest absolute Gasteiger partial charge is 0.449 e. The lowest BCUT2D eigenvalue weighted by molar-refractivity contribution is -0.141. The first-order chi connectivity index (χ1) is 8.84. The molecule has 0 aliphatic heterocycles. The average Bonchev–Trinajstić information content (AvgIpc) is 2.37. The SMILES string of the molecule is CNC(=O)OCCC(O)c1cccc(C(F)(F)F)n1. The van der Waals surface area contributed by atoms with Gasteiger partial charge in [0, 0.05) is 13.5 Å². The van der Waals surface area contributed by atoms with Crippen LogP contribution in [-0.2, 0) is 10.9 Å². The summed E-state index contributed by atoms with van der Waals surface area (Å²) in [7, 11) is 1.37. The van der Waals surface area contributed by atoms with Gasteiger partial charge in [0.05, 0.1) is 18.4 Å². The summed E-state index contributed by atoms with van der Waals surface area (Å²) in [6, 6.07) is 3.25. The number of amides is 1. The number of aliphatic hydroxyl groups is 1. The molecule has 0 saturated heterocycles. The Labute approximate surface area is 107 Å². The molecule has 0 radical (unpaired) electrons. The van der Waals surface area contributed by atoms with Gasteiger partial charge in [0.15, 0.2) is 0 Å². The number of aliphatic hydroxyl groups excluding tert-OH is 1. The molecule has 8 heteroatoms. The van der Waals surface area contributed by atoms with Gasteiger partial charge in [0.2, 0.25) is 0 Å². The maximum atomic E-state index is 12.4. The van der Waals surface area contributed by atoms with Gasteiger partial charge in [-0.05, 0) is 12.1 Å². The van der Waals surface area contributed by atoms with Crippen molar-refractivity contribution in [2.45, 2.75) is 18.7 Å². The molecule has 1 amide bonds. The van der Waals surface area contributed by atoms with Crippen LogP contribution in [0.15, 0.2) is 18.2 Å². The van der Waals surface area contributed by atoms with E-state index in [1.807, 2.05) is 0 Å². The molecule has 106 valence electrons. The van der Waals surface area contributed by atoms with E-state index in [4.69, 9.17) is 0 Å². The molecule has 1 aromatic heterocycles. The summed E-state index contributed by atoms with van der Waals surface area (Å²) >= 11 is 0. The number of alkyl halides is 3. The van der Waals surface area contributed by atoms with Crippen molar-refractivity contribution in [2.75, 3.05) is 13.7 Å². The zero-order chi connectivity index (χ0) is 14.5. The van der Waals surface area contributed by atoms with Crippen LogP contribution >= 0.6 is 0 Å². The lowest BCUT2D eigenvalue weighted by Gasteiger charge is -2.12. The summed E-state index contributed by atoms with van der Waals surface area (Å²) in [4.78, 5) is 14.1. The van der Waals surface area contributed by atoms with Crippen LogP contribution in [0.4, 0.5) is 18.0 Å². The second kappa shape index (κ2) is 6.37. The molecule has 1 heterocycles. The molecule has 5 nitrogen and oxygen atoms in total. The third-order valence-electron chi connectivity index (χ3n) is 2.23. The minimum atomic E-state index is -4.56. The van der Waals surface area contributed by atoms with Crippen molar-refractivity contribution < 1.29 is 27.8 Å². The zero-order valence-corrected chi connectivity index (χ0v) is 10.1. The van der Waals surface area contributed by atoms with Crippen molar-refractivity contribution in [3.63, 3.8) is 0 Å². The van der Waals surface area contributed by atoms with Crippen molar-refractivity contribution in [2.24, 2.45) is 0 Å². The molecule has 2 N–H and O–H groups in total. The van der Waals surface area contributed by atoms with Gasteiger partial charge in [0.1, 0.15) is 5.69 Å². The first-order valence-corrected chi connectivity index (χ1v) is 5.41. The number of pyridine rings is 1. The molecule has 1 unspecified atom stereocenters. The first kappa shape index (κ1) is 15.2. The van der Waals surface area contributed by atoms with Crippen molar-refractivity contribution in [3.8, 4) is 0 Å². The summed E-state index contributed by atoms with van der Waals surface area (Å²) in [6.07, 6.45) is -6.51.